The van der Waals surface area contributed by atoms with Gasteiger partial charge in [0.05, 0.1) is 0 Å². The van der Waals surface area contributed by atoms with E-state index in [0.29, 0.717) is 16.6 Å². The zero-order chi connectivity index (χ0) is 25.3. The Hall–Kier alpha value is -4.30. The van der Waals surface area contributed by atoms with Gasteiger partial charge in [-0.1, -0.05) is 72.0 Å². The molecule has 0 aliphatic carbocycles. The lowest BCUT2D eigenvalue weighted by molar-refractivity contribution is -0.123. The van der Waals surface area contributed by atoms with Crippen LogP contribution in [0.2, 0.25) is 0 Å². The molecule has 7 nitrogen and oxygen atoms in total. The predicted octanol–water partition coefficient (Wildman–Crippen LogP) is 4.65. The van der Waals surface area contributed by atoms with E-state index in [0.717, 1.165) is 22.4 Å². The number of anilines is 2. The minimum atomic E-state index is -0.785. The maximum atomic E-state index is 13.2. The monoisotopic (exact) mass is 497 g/mol. The lowest BCUT2D eigenvalue weighted by Gasteiger charge is -2.17. The second-order valence-corrected chi connectivity index (χ2v) is 9.32. The fourth-order valence-electron chi connectivity index (χ4n) is 3.50. The lowest BCUT2D eigenvalue weighted by atomic mass is 10.1. The van der Waals surface area contributed by atoms with E-state index in [9.17, 15) is 9.59 Å². The average molecular weight is 498 g/mol. The summed E-state index contributed by atoms with van der Waals surface area (Å²) < 4.78 is 0. The van der Waals surface area contributed by atoms with Crippen molar-refractivity contribution in [1.29, 1.82) is 0 Å². The zero-order valence-electron chi connectivity index (χ0n) is 20.1. The first kappa shape index (κ1) is 24.8. The number of hydrogen-bond acceptors (Lipinski definition) is 6. The van der Waals surface area contributed by atoms with Crippen LogP contribution in [0.25, 0.3) is 16.6 Å². The van der Waals surface area contributed by atoms with Crippen LogP contribution in [0.5, 0.6) is 0 Å². The summed E-state index contributed by atoms with van der Waals surface area (Å²) in [6, 6.07) is 26.2. The third-order valence-electron chi connectivity index (χ3n) is 5.43. The SMILES string of the molecule is CN(C)c1ccc(-c2nnc(NC(=O)C(Cc3ccccc3)NC(=O)C=Cc3ccccc3)s2)cc1. The molecular weight excluding hydrogens is 470 g/mol. The number of aromatic nitrogens is 2. The number of rotatable bonds is 9. The van der Waals surface area contributed by atoms with Gasteiger partial charge in [0.2, 0.25) is 16.9 Å². The quantitative estimate of drug-likeness (QED) is 0.329. The second-order valence-electron chi connectivity index (χ2n) is 8.34. The molecule has 1 atom stereocenters. The van der Waals surface area contributed by atoms with Crippen LogP contribution in [0, 0.1) is 0 Å². The van der Waals surface area contributed by atoms with E-state index in [-0.39, 0.29) is 11.8 Å². The first-order valence-electron chi connectivity index (χ1n) is 11.5. The molecule has 3 aromatic carbocycles. The molecule has 0 fully saturated rings. The highest BCUT2D eigenvalue weighted by Gasteiger charge is 2.22. The van der Waals surface area contributed by atoms with Crippen molar-refractivity contribution in [3.8, 4) is 10.6 Å². The number of amides is 2. The third kappa shape index (κ3) is 6.86. The largest absolute Gasteiger partial charge is 0.378 e. The van der Waals surface area contributed by atoms with E-state index < -0.39 is 6.04 Å². The Labute approximate surface area is 214 Å². The Morgan fingerprint density at radius 3 is 2.25 bits per heavy atom. The van der Waals surface area contributed by atoms with Gasteiger partial charge in [0.25, 0.3) is 0 Å². The van der Waals surface area contributed by atoms with E-state index in [4.69, 9.17) is 0 Å². The van der Waals surface area contributed by atoms with Crippen molar-refractivity contribution in [2.75, 3.05) is 24.3 Å². The molecule has 4 rings (SSSR count). The van der Waals surface area contributed by atoms with Crippen LogP contribution in [0.15, 0.2) is 91.0 Å². The number of hydrogen-bond donors (Lipinski definition) is 2. The molecule has 0 spiro atoms. The minimum Gasteiger partial charge on any atom is -0.378 e. The Balaban J connectivity index is 1.46. The summed E-state index contributed by atoms with van der Waals surface area (Å²) in [6.45, 7) is 0. The zero-order valence-corrected chi connectivity index (χ0v) is 20.9. The van der Waals surface area contributed by atoms with Crippen molar-refractivity contribution in [2.24, 2.45) is 0 Å². The third-order valence-corrected chi connectivity index (χ3v) is 6.32. The summed E-state index contributed by atoms with van der Waals surface area (Å²) in [6.07, 6.45) is 3.49. The van der Waals surface area contributed by atoms with Gasteiger partial charge in [0, 0.05) is 37.8 Å². The number of carbonyl (C=O) groups excluding carboxylic acids is 2. The van der Waals surface area contributed by atoms with Gasteiger partial charge in [-0.3, -0.25) is 14.9 Å². The van der Waals surface area contributed by atoms with Crippen LogP contribution < -0.4 is 15.5 Å². The van der Waals surface area contributed by atoms with Crippen LogP contribution in [-0.2, 0) is 16.0 Å². The van der Waals surface area contributed by atoms with Crippen molar-refractivity contribution in [1.82, 2.24) is 15.5 Å². The molecule has 0 aliphatic heterocycles. The average Bonchev–Trinajstić information content (AvgIpc) is 3.37. The van der Waals surface area contributed by atoms with Gasteiger partial charge in [0.1, 0.15) is 11.0 Å². The lowest BCUT2D eigenvalue weighted by Crippen LogP contribution is -2.44. The summed E-state index contributed by atoms with van der Waals surface area (Å²) in [4.78, 5) is 27.8. The van der Waals surface area contributed by atoms with Crippen molar-refractivity contribution in [3.05, 3.63) is 102 Å². The summed E-state index contributed by atoms with van der Waals surface area (Å²) in [5.41, 5.74) is 3.83. The topological polar surface area (TPSA) is 87.2 Å². The smallest absolute Gasteiger partial charge is 0.249 e. The molecule has 4 aromatic rings. The number of nitrogens with one attached hydrogen (secondary N) is 2. The van der Waals surface area contributed by atoms with E-state index >= 15 is 0 Å². The van der Waals surface area contributed by atoms with Gasteiger partial charge in [0.15, 0.2) is 0 Å². The van der Waals surface area contributed by atoms with Gasteiger partial charge in [-0.05, 0) is 41.5 Å². The second kappa shape index (κ2) is 11.9. The van der Waals surface area contributed by atoms with Crippen LogP contribution >= 0.6 is 11.3 Å². The maximum Gasteiger partial charge on any atom is 0.249 e. The molecule has 0 saturated carbocycles. The molecule has 0 saturated heterocycles. The van der Waals surface area contributed by atoms with Crippen LogP contribution in [0.3, 0.4) is 0 Å². The van der Waals surface area contributed by atoms with Gasteiger partial charge < -0.3 is 10.2 Å². The van der Waals surface area contributed by atoms with E-state index in [2.05, 4.69) is 20.8 Å². The molecule has 8 heteroatoms. The van der Waals surface area contributed by atoms with E-state index in [1.165, 1.54) is 17.4 Å². The van der Waals surface area contributed by atoms with Crippen molar-refractivity contribution < 1.29 is 9.59 Å². The Kier molecular flexibility index (Phi) is 8.20. The highest BCUT2D eigenvalue weighted by molar-refractivity contribution is 7.18. The summed E-state index contributed by atoms with van der Waals surface area (Å²) in [5, 5.41) is 15.1. The Bertz CT molecular complexity index is 1320. The normalized spacial score (nSPS) is 11.7. The number of carbonyl (C=O) groups is 2. The number of benzene rings is 3. The molecule has 1 heterocycles. The van der Waals surface area contributed by atoms with Crippen LogP contribution in [0.1, 0.15) is 11.1 Å². The Morgan fingerprint density at radius 1 is 0.917 bits per heavy atom. The Morgan fingerprint density at radius 2 is 1.58 bits per heavy atom. The summed E-state index contributed by atoms with van der Waals surface area (Å²) >= 11 is 1.28. The van der Waals surface area contributed by atoms with E-state index in [1.54, 1.807) is 6.08 Å². The molecule has 1 unspecified atom stereocenters. The first-order valence-corrected chi connectivity index (χ1v) is 12.3. The van der Waals surface area contributed by atoms with Crippen molar-refractivity contribution >= 4 is 40.0 Å². The highest BCUT2D eigenvalue weighted by atomic mass is 32.1. The first-order chi connectivity index (χ1) is 17.5. The number of nitrogens with zero attached hydrogens (tertiary/aromatic N) is 3. The standard InChI is InChI=1S/C28H27N5O2S/c1-33(2)23-16-14-22(15-17-23)27-31-32-28(36-27)30-26(35)24(19-21-11-7-4-8-12-21)29-25(34)18-13-20-9-5-3-6-10-20/h3-18,24H,19H2,1-2H3,(H,29,34)(H,30,32,35). The fraction of sp³-hybridized carbons (Fsp3) is 0.143. The molecule has 2 amide bonds. The predicted molar refractivity (Wildman–Crippen MR) is 146 cm³/mol. The van der Waals surface area contributed by atoms with Gasteiger partial charge in [-0.2, -0.15) is 0 Å². The molecule has 36 heavy (non-hydrogen) atoms. The minimum absolute atomic E-state index is 0.343. The molecule has 2 N–H and O–H groups in total. The highest BCUT2D eigenvalue weighted by Crippen LogP contribution is 2.28. The van der Waals surface area contributed by atoms with Crippen molar-refractivity contribution in [2.45, 2.75) is 12.5 Å². The molecule has 0 aliphatic rings. The van der Waals surface area contributed by atoms with Crippen LogP contribution in [0.4, 0.5) is 10.8 Å². The molecule has 0 radical (unpaired) electrons. The van der Waals surface area contributed by atoms with Gasteiger partial charge in [-0.25, -0.2) is 0 Å². The van der Waals surface area contributed by atoms with Gasteiger partial charge >= 0.3 is 0 Å². The van der Waals surface area contributed by atoms with Crippen LogP contribution in [-0.4, -0.2) is 42.1 Å². The maximum absolute atomic E-state index is 13.2. The molecule has 0 bridgehead atoms. The molecular formula is C28H27N5O2S. The summed E-state index contributed by atoms with van der Waals surface area (Å²) in [5.74, 6) is -0.708. The molecule has 182 valence electrons. The fourth-order valence-corrected chi connectivity index (χ4v) is 4.25. The van der Waals surface area contributed by atoms with Gasteiger partial charge in [-0.15, -0.1) is 10.2 Å². The van der Waals surface area contributed by atoms with E-state index in [1.807, 2.05) is 104 Å². The summed E-state index contributed by atoms with van der Waals surface area (Å²) in [7, 11) is 3.96. The molecule has 1 aromatic heterocycles. The van der Waals surface area contributed by atoms with Crippen molar-refractivity contribution in [3.63, 3.8) is 0 Å².